The van der Waals surface area contributed by atoms with E-state index < -0.39 is 0 Å². The maximum Gasteiger partial charge on any atom is 0.0621 e. The molecule has 0 amide bonds. The molecular formula is C15H15BrClN. The van der Waals surface area contributed by atoms with Crippen molar-refractivity contribution in [2.75, 3.05) is 0 Å². The third kappa shape index (κ3) is 3.82. The Morgan fingerprint density at radius 1 is 1.17 bits per heavy atom. The molecule has 0 fully saturated rings. The van der Waals surface area contributed by atoms with Gasteiger partial charge < -0.3 is 0 Å². The number of aromatic nitrogens is 1. The van der Waals surface area contributed by atoms with E-state index in [4.69, 9.17) is 11.6 Å². The smallest absolute Gasteiger partial charge is 0.0621 e. The van der Waals surface area contributed by atoms with E-state index in [2.05, 4.69) is 45.2 Å². The molecule has 2 rings (SSSR count). The fraction of sp³-hybridized carbons (Fsp3) is 0.267. The van der Waals surface area contributed by atoms with Gasteiger partial charge in [0.2, 0.25) is 0 Å². The van der Waals surface area contributed by atoms with Crippen molar-refractivity contribution in [1.29, 1.82) is 0 Å². The summed E-state index contributed by atoms with van der Waals surface area (Å²) in [5.41, 5.74) is 2.51. The van der Waals surface area contributed by atoms with Gasteiger partial charge in [0, 0.05) is 17.2 Å². The van der Waals surface area contributed by atoms with Crippen LogP contribution in [0.1, 0.15) is 28.8 Å². The first-order valence-corrected chi connectivity index (χ1v) is 7.34. The van der Waals surface area contributed by atoms with Gasteiger partial charge in [-0.05, 0) is 36.5 Å². The predicted molar refractivity (Wildman–Crippen MR) is 80.3 cm³/mol. The number of halogens is 2. The summed E-state index contributed by atoms with van der Waals surface area (Å²) in [6.07, 6.45) is 6.71. The molecule has 1 nitrogen and oxygen atoms in total. The van der Waals surface area contributed by atoms with E-state index >= 15 is 0 Å². The number of hydrogen-bond acceptors (Lipinski definition) is 1. The van der Waals surface area contributed by atoms with Gasteiger partial charge in [0.1, 0.15) is 0 Å². The molecule has 0 saturated heterocycles. The Morgan fingerprint density at radius 3 is 2.67 bits per heavy atom. The normalized spacial score (nSPS) is 12.3. The minimum Gasteiger partial charge on any atom is -0.263 e. The molecular weight excluding hydrogens is 310 g/mol. The van der Waals surface area contributed by atoms with Crippen LogP contribution in [0, 0.1) is 0 Å². The molecule has 0 bridgehead atoms. The lowest BCUT2D eigenvalue weighted by Gasteiger charge is -2.10. The molecule has 1 aromatic heterocycles. The van der Waals surface area contributed by atoms with Gasteiger partial charge >= 0.3 is 0 Å². The zero-order chi connectivity index (χ0) is 12.8. The summed E-state index contributed by atoms with van der Waals surface area (Å²) in [4.78, 5) is 4.41. The molecule has 0 aliphatic heterocycles. The van der Waals surface area contributed by atoms with Gasteiger partial charge in [0.05, 0.1) is 5.02 Å². The van der Waals surface area contributed by atoms with Gasteiger partial charge in [-0.1, -0.05) is 57.9 Å². The van der Waals surface area contributed by atoms with E-state index in [-0.39, 0.29) is 0 Å². The maximum absolute atomic E-state index is 6.08. The summed E-state index contributed by atoms with van der Waals surface area (Å²) in [7, 11) is 0. The monoisotopic (exact) mass is 323 g/mol. The number of nitrogens with zero attached hydrogens (tertiary/aromatic N) is 1. The fourth-order valence-corrected chi connectivity index (χ4v) is 2.75. The minimum absolute atomic E-state index is 0.416. The minimum atomic E-state index is 0.416. The number of pyridine rings is 1. The summed E-state index contributed by atoms with van der Waals surface area (Å²) >= 11 is 9.82. The van der Waals surface area contributed by atoms with Crippen LogP contribution in [0.2, 0.25) is 5.02 Å². The Morgan fingerprint density at radius 2 is 1.94 bits per heavy atom. The predicted octanol–water partition coefficient (Wildman–Crippen LogP) is 5.19. The SMILES string of the molecule is Clc1cnccc1CCCC(Br)c1ccccc1. The first-order chi connectivity index (χ1) is 8.77. The maximum atomic E-state index is 6.08. The molecule has 3 heteroatoms. The Bertz CT molecular complexity index is 487. The highest BCUT2D eigenvalue weighted by atomic mass is 79.9. The summed E-state index contributed by atoms with van der Waals surface area (Å²) in [5.74, 6) is 0. The number of aryl methyl sites for hydroxylation is 1. The number of rotatable bonds is 5. The molecule has 18 heavy (non-hydrogen) atoms. The Balaban J connectivity index is 1.84. The van der Waals surface area contributed by atoms with Crippen molar-refractivity contribution < 1.29 is 0 Å². The highest BCUT2D eigenvalue weighted by molar-refractivity contribution is 9.09. The average Bonchev–Trinajstić information content (AvgIpc) is 2.42. The molecule has 0 N–H and O–H groups in total. The van der Waals surface area contributed by atoms with E-state index in [0.717, 1.165) is 24.3 Å². The van der Waals surface area contributed by atoms with Crippen molar-refractivity contribution in [3.63, 3.8) is 0 Å². The lowest BCUT2D eigenvalue weighted by molar-refractivity contribution is 0.729. The van der Waals surface area contributed by atoms with Crippen molar-refractivity contribution in [2.24, 2.45) is 0 Å². The number of alkyl halides is 1. The van der Waals surface area contributed by atoms with E-state index in [9.17, 15) is 0 Å². The van der Waals surface area contributed by atoms with Crippen molar-refractivity contribution in [2.45, 2.75) is 24.1 Å². The van der Waals surface area contributed by atoms with Gasteiger partial charge in [-0.2, -0.15) is 0 Å². The van der Waals surface area contributed by atoms with Gasteiger partial charge in [-0.25, -0.2) is 0 Å². The van der Waals surface area contributed by atoms with Crippen LogP contribution < -0.4 is 0 Å². The molecule has 1 heterocycles. The summed E-state index contributed by atoms with van der Waals surface area (Å²) in [6.45, 7) is 0. The first kappa shape index (κ1) is 13.6. The van der Waals surface area contributed by atoms with Crippen molar-refractivity contribution in [3.8, 4) is 0 Å². The van der Waals surface area contributed by atoms with Crippen LogP contribution in [0.5, 0.6) is 0 Å². The van der Waals surface area contributed by atoms with Crippen molar-refractivity contribution in [3.05, 3.63) is 64.9 Å². The van der Waals surface area contributed by atoms with Crippen molar-refractivity contribution >= 4 is 27.5 Å². The topological polar surface area (TPSA) is 12.9 Å². The van der Waals surface area contributed by atoms with Crippen LogP contribution in [0.25, 0.3) is 0 Å². The first-order valence-electron chi connectivity index (χ1n) is 6.05. The van der Waals surface area contributed by atoms with E-state index in [1.165, 1.54) is 11.1 Å². The summed E-state index contributed by atoms with van der Waals surface area (Å²) in [5, 5.41) is 0.767. The molecule has 1 atom stereocenters. The zero-order valence-corrected chi connectivity index (χ0v) is 12.4. The third-order valence-electron chi connectivity index (χ3n) is 2.92. The summed E-state index contributed by atoms with van der Waals surface area (Å²) in [6, 6.07) is 12.5. The number of benzene rings is 1. The standard InChI is InChI=1S/C15H15BrClN/c16-14(12-5-2-1-3-6-12)8-4-7-13-9-10-18-11-15(13)17/h1-3,5-6,9-11,14H,4,7-8H2. The molecule has 94 valence electrons. The molecule has 0 aliphatic rings. The highest BCUT2D eigenvalue weighted by Gasteiger charge is 2.07. The highest BCUT2D eigenvalue weighted by Crippen LogP contribution is 2.28. The molecule has 0 saturated carbocycles. The van der Waals surface area contributed by atoms with E-state index in [1.54, 1.807) is 12.4 Å². The lowest BCUT2D eigenvalue weighted by atomic mass is 10.0. The van der Waals surface area contributed by atoms with Crippen LogP contribution in [0.3, 0.4) is 0 Å². The van der Waals surface area contributed by atoms with Crippen LogP contribution in [0.4, 0.5) is 0 Å². The third-order valence-corrected chi connectivity index (χ3v) is 4.25. The van der Waals surface area contributed by atoms with Crippen LogP contribution >= 0.6 is 27.5 Å². The molecule has 0 aliphatic carbocycles. The van der Waals surface area contributed by atoms with Crippen LogP contribution in [-0.2, 0) is 6.42 Å². The molecule has 1 aromatic carbocycles. The second kappa shape index (κ2) is 6.91. The summed E-state index contributed by atoms with van der Waals surface area (Å²) < 4.78 is 0. The number of hydrogen-bond donors (Lipinski definition) is 0. The Labute approximate surface area is 121 Å². The quantitative estimate of drug-likeness (QED) is 0.689. The van der Waals surface area contributed by atoms with Crippen LogP contribution in [-0.4, -0.2) is 4.98 Å². The molecule has 2 aromatic rings. The fourth-order valence-electron chi connectivity index (χ4n) is 1.91. The Hall–Kier alpha value is -0.860. The van der Waals surface area contributed by atoms with Gasteiger partial charge in [0.15, 0.2) is 0 Å². The Kier molecular flexibility index (Phi) is 5.21. The van der Waals surface area contributed by atoms with Gasteiger partial charge in [-0.3, -0.25) is 4.98 Å². The second-order valence-corrected chi connectivity index (χ2v) is 5.75. The lowest BCUT2D eigenvalue weighted by Crippen LogP contribution is -1.93. The largest absolute Gasteiger partial charge is 0.263 e. The van der Waals surface area contributed by atoms with Crippen molar-refractivity contribution in [1.82, 2.24) is 4.98 Å². The molecule has 1 unspecified atom stereocenters. The van der Waals surface area contributed by atoms with Gasteiger partial charge in [0.25, 0.3) is 0 Å². The average molecular weight is 325 g/mol. The van der Waals surface area contributed by atoms with Crippen LogP contribution in [0.15, 0.2) is 48.8 Å². The van der Waals surface area contributed by atoms with E-state index in [0.29, 0.717) is 4.83 Å². The second-order valence-electron chi connectivity index (χ2n) is 4.24. The zero-order valence-electron chi connectivity index (χ0n) is 10.0. The molecule has 0 spiro atoms. The van der Waals surface area contributed by atoms with Gasteiger partial charge in [-0.15, -0.1) is 0 Å². The molecule has 0 radical (unpaired) electrons. The van der Waals surface area contributed by atoms with E-state index in [1.807, 2.05) is 12.1 Å².